The highest BCUT2D eigenvalue weighted by Gasteiger charge is 2.23. The lowest BCUT2D eigenvalue weighted by atomic mass is 9.91. The summed E-state index contributed by atoms with van der Waals surface area (Å²) in [6, 6.07) is 9.11. The van der Waals surface area contributed by atoms with Crippen molar-refractivity contribution in [3.05, 3.63) is 46.6 Å². The first-order chi connectivity index (χ1) is 14.6. The second-order valence-corrected chi connectivity index (χ2v) is 10.8. The van der Waals surface area contributed by atoms with Crippen LogP contribution >= 0.6 is 23.2 Å². The standard InChI is InChI=1S/C22H23Cl2N3O3S/c1-31(29,30)20-11-26-19-7-2-12(13-9-17(23)22(28)18(24)10-13)8-16(19)21(20)27-15-5-3-14(25)4-6-15/h2,7-11,14-15,28H,3-6,25H2,1H3,(H,26,27). The summed E-state index contributed by atoms with van der Waals surface area (Å²) in [6.45, 7) is 0. The normalized spacial score (nSPS) is 19.5. The van der Waals surface area contributed by atoms with Crippen LogP contribution in [0.5, 0.6) is 5.75 Å². The molecular weight excluding hydrogens is 457 g/mol. The molecule has 4 N–H and O–H groups in total. The summed E-state index contributed by atoms with van der Waals surface area (Å²) < 4.78 is 25.0. The highest BCUT2D eigenvalue weighted by Crippen LogP contribution is 2.39. The van der Waals surface area contributed by atoms with Crippen molar-refractivity contribution in [2.45, 2.75) is 42.7 Å². The maximum absolute atomic E-state index is 12.5. The van der Waals surface area contributed by atoms with E-state index in [1.807, 2.05) is 18.2 Å². The molecule has 0 saturated heterocycles. The number of aromatic nitrogens is 1. The van der Waals surface area contributed by atoms with E-state index in [2.05, 4.69) is 10.3 Å². The Morgan fingerprint density at radius 1 is 1.06 bits per heavy atom. The number of hydrogen-bond donors (Lipinski definition) is 3. The van der Waals surface area contributed by atoms with E-state index < -0.39 is 9.84 Å². The molecule has 0 radical (unpaired) electrons. The number of pyridine rings is 1. The van der Waals surface area contributed by atoms with Crippen LogP contribution in [0.1, 0.15) is 25.7 Å². The number of sulfone groups is 1. The third-order valence-corrected chi connectivity index (χ3v) is 7.39. The molecular formula is C22H23Cl2N3O3S. The summed E-state index contributed by atoms with van der Waals surface area (Å²) in [5.41, 5.74) is 8.72. The van der Waals surface area contributed by atoms with Crippen molar-refractivity contribution in [1.29, 1.82) is 0 Å². The van der Waals surface area contributed by atoms with Gasteiger partial charge in [-0.05, 0) is 61.1 Å². The average Bonchev–Trinajstić information content (AvgIpc) is 2.72. The Hall–Kier alpha value is -2.06. The molecule has 0 amide bonds. The zero-order valence-electron chi connectivity index (χ0n) is 16.9. The van der Waals surface area contributed by atoms with E-state index in [9.17, 15) is 13.5 Å². The van der Waals surface area contributed by atoms with Crippen LogP contribution in [0.15, 0.2) is 41.4 Å². The lowest BCUT2D eigenvalue weighted by Crippen LogP contribution is -2.33. The number of nitrogens with two attached hydrogens (primary N) is 1. The van der Waals surface area contributed by atoms with E-state index in [4.69, 9.17) is 28.9 Å². The van der Waals surface area contributed by atoms with Gasteiger partial charge in [0, 0.05) is 29.9 Å². The first kappa shape index (κ1) is 22.1. The Kier molecular flexibility index (Phi) is 6.05. The SMILES string of the molecule is CS(=O)(=O)c1cnc2ccc(-c3cc(Cl)c(O)c(Cl)c3)cc2c1NC1CCC(N)CC1. The third kappa shape index (κ3) is 4.60. The van der Waals surface area contributed by atoms with Crippen molar-refractivity contribution in [2.24, 2.45) is 5.73 Å². The van der Waals surface area contributed by atoms with Crippen LogP contribution in [0.4, 0.5) is 5.69 Å². The van der Waals surface area contributed by atoms with Gasteiger partial charge in [0.25, 0.3) is 0 Å². The van der Waals surface area contributed by atoms with Crippen molar-refractivity contribution < 1.29 is 13.5 Å². The molecule has 1 aliphatic rings. The second kappa shape index (κ2) is 8.47. The van der Waals surface area contributed by atoms with Gasteiger partial charge in [-0.2, -0.15) is 0 Å². The fraction of sp³-hybridized carbons (Fsp3) is 0.318. The van der Waals surface area contributed by atoms with Crippen molar-refractivity contribution in [2.75, 3.05) is 11.6 Å². The van der Waals surface area contributed by atoms with Crippen molar-refractivity contribution in [1.82, 2.24) is 4.98 Å². The molecule has 0 bridgehead atoms. The molecule has 1 saturated carbocycles. The predicted octanol–water partition coefficient (Wildman–Crippen LogP) is 5.00. The molecule has 1 aliphatic carbocycles. The topological polar surface area (TPSA) is 105 Å². The minimum absolute atomic E-state index is 0.132. The first-order valence-electron chi connectivity index (χ1n) is 9.97. The van der Waals surface area contributed by atoms with Crippen LogP contribution in [0.2, 0.25) is 10.0 Å². The maximum Gasteiger partial charge on any atom is 0.179 e. The number of nitrogens with zero attached hydrogens (tertiary/aromatic N) is 1. The summed E-state index contributed by atoms with van der Waals surface area (Å²) in [6.07, 6.45) is 6.12. The number of halogens is 2. The first-order valence-corrected chi connectivity index (χ1v) is 12.6. The molecule has 0 aliphatic heterocycles. The van der Waals surface area contributed by atoms with Gasteiger partial charge in [-0.1, -0.05) is 29.3 Å². The lowest BCUT2D eigenvalue weighted by Gasteiger charge is -2.28. The van der Waals surface area contributed by atoms with Gasteiger partial charge in [-0.15, -0.1) is 0 Å². The Morgan fingerprint density at radius 2 is 1.71 bits per heavy atom. The average molecular weight is 480 g/mol. The Bertz CT molecular complexity index is 1230. The predicted molar refractivity (Wildman–Crippen MR) is 126 cm³/mol. The van der Waals surface area contributed by atoms with Crippen LogP contribution in [0.25, 0.3) is 22.0 Å². The van der Waals surface area contributed by atoms with Crippen LogP contribution < -0.4 is 11.1 Å². The number of nitrogens with one attached hydrogen (secondary N) is 1. The summed E-state index contributed by atoms with van der Waals surface area (Å²) >= 11 is 12.2. The number of phenolic OH excluding ortho intramolecular Hbond substituents is 1. The third-order valence-electron chi connectivity index (χ3n) is 5.70. The molecule has 4 rings (SSSR count). The van der Waals surface area contributed by atoms with Gasteiger partial charge in [0.05, 0.1) is 21.2 Å². The van der Waals surface area contributed by atoms with Gasteiger partial charge in [0.15, 0.2) is 15.6 Å². The number of benzene rings is 2. The van der Waals surface area contributed by atoms with Crippen molar-refractivity contribution >= 4 is 49.6 Å². The van der Waals surface area contributed by atoms with Crippen LogP contribution in [0.3, 0.4) is 0 Å². The number of hydrogen-bond acceptors (Lipinski definition) is 6. The molecule has 6 nitrogen and oxygen atoms in total. The highest BCUT2D eigenvalue weighted by atomic mass is 35.5. The Labute approximate surface area is 191 Å². The number of anilines is 1. The minimum atomic E-state index is -3.51. The van der Waals surface area contributed by atoms with E-state index in [1.54, 1.807) is 12.1 Å². The number of fused-ring (bicyclic) bond motifs is 1. The Morgan fingerprint density at radius 3 is 2.32 bits per heavy atom. The van der Waals surface area contributed by atoms with Gasteiger partial charge in [-0.3, -0.25) is 4.98 Å². The second-order valence-electron chi connectivity index (χ2n) is 8.05. The summed E-state index contributed by atoms with van der Waals surface area (Å²) in [7, 11) is -3.51. The molecule has 0 atom stereocenters. The number of phenols is 1. The molecule has 164 valence electrons. The minimum Gasteiger partial charge on any atom is -0.505 e. The summed E-state index contributed by atoms with van der Waals surface area (Å²) in [5, 5.41) is 14.3. The Balaban J connectivity index is 1.87. The summed E-state index contributed by atoms with van der Waals surface area (Å²) in [4.78, 5) is 4.53. The molecule has 31 heavy (non-hydrogen) atoms. The molecule has 1 fully saturated rings. The van der Waals surface area contributed by atoms with Crippen LogP contribution in [-0.4, -0.2) is 36.8 Å². The number of rotatable bonds is 4. The van der Waals surface area contributed by atoms with Gasteiger partial charge in [-0.25, -0.2) is 8.42 Å². The van der Waals surface area contributed by atoms with E-state index in [0.717, 1.165) is 31.2 Å². The molecule has 9 heteroatoms. The lowest BCUT2D eigenvalue weighted by molar-refractivity contribution is 0.411. The fourth-order valence-corrected chi connectivity index (χ4v) is 5.25. The van der Waals surface area contributed by atoms with Gasteiger partial charge in [0.2, 0.25) is 0 Å². The van der Waals surface area contributed by atoms with Gasteiger partial charge in [0.1, 0.15) is 4.90 Å². The van der Waals surface area contributed by atoms with Crippen molar-refractivity contribution in [3.8, 4) is 16.9 Å². The summed E-state index contributed by atoms with van der Waals surface area (Å²) in [5.74, 6) is -0.174. The van der Waals surface area contributed by atoms with Gasteiger partial charge < -0.3 is 16.2 Å². The molecule has 1 heterocycles. The van der Waals surface area contributed by atoms with Crippen LogP contribution in [0, 0.1) is 0 Å². The smallest absolute Gasteiger partial charge is 0.179 e. The highest BCUT2D eigenvalue weighted by molar-refractivity contribution is 7.90. The number of aromatic hydroxyl groups is 1. The maximum atomic E-state index is 12.5. The van der Waals surface area contributed by atoms with Gasteiger partial charge >= 0.3 is 0 Å². The molecule has 2 aromatic carbocycles. The van der Waals surface area contributed by atoms with E-state index >= 15 is 0 Å². The molecule has 1 aromatic heterocycles. The quantitative estimate of drug-likeness (QED) is 0.486. The van der Waals surface area contributed by atoms with Crippen molar-refractivity contribution in [3.63, 3.8) is 0 Å². The largest absolute Gasteiger partial charge is 0.505 e. The van der Waals surface area contributed by atoms with E-state index in [-0.39, 0.29) is 32.8 Å². The van der Waals surface area contributed by atoms with E-state index in [1.165, 1.54) is 12.5 Å². The van der Waals surface area contributed by atoms with E-state index in [0.29, 0.717) is 22.2 Å². The molecule has 3 aromatic rings. The fourth-order valence-electron chi connectivity index (χ4n) is 3.98. The molecule has 0 unspecified atom stereocenters. The zero-order chi connectivity index (χ0) is 22.3. The zero-order valence-corrected chi connectivity index (χ0v) is 19.2. The van der Waals surface area contributed by atoms with Crippen LogP contribution in [-0.2, 0) is 9.84 Å². The monoisotopic (exact) mass is 479 g/mol. The molecule has 0 spiro atoms.